The molecule has 1 aromatic carbocycles. The van der Waals surface area contributed by atoms with E-state index < -0.39 is 8.03 Å². The molecule has 2 atom stereocenters. The van der Waals surface area contributed by atoms with Crippen LogP contribution in [-0.4, -0.2) is 18.0 Å². The number of benzene rings is 1. The van der Waals surface area contributed by atoms with Crippen LogP contribution in [0.4, 0.5) is 0 Å². The van der Waals surface area contributed by atoms with Crippen LogP contribution in [0.1, 0.15) is 12.0 Å². The highest BCUT2D eigenvalue weighted by Gasteiger charge is 2.25. The van der Waals surface area contributed by atoms with Crippen molar-refractivity contribution >= 4 is 13.7 Å². The van der Waals surface area contributed by atoms with Crippen molar-refractivity contribution in [3.05, 3.63) is 35.9 Å². The molecule has 0 saturated heterocycles. The normalized spacial score (nSPS) is 19.0. The second kappa shape index (κ2) is 6.45. The molecule has 0 amide bonds. The second-order valence-electron chi connectivity index (χ2n) is 3.77. The summed E-state index contributed by atoms with van der Waals surface area (Å²) in [5.74, 6) is 0. The molecule has 0 saturated carbocycles. The Morgan fingerprint density at radius 1 is 1.41 bits per heavy atom. The van der Waals surface area contributed by atoms with E-state index in [1.54, 1.807) is 0 Å². The molecule has 0 spiro atoms. The monoisotopic (exact) mass is 255 g/mol. The Labute approximate surface area is 101 Å². The van der Waals surface area contributed by atoms with Crippen molar-refractivity contribution < 1.29 is 14.3 Å². The van der Waals surface area contributed by atoms with Crippen LogP contribution in [0.25, 0.3) is 0 Å². The van der Waals surface area contributed by atoms with Gasteiger partial charge in [-0.15, -0.1) is 0 Å². The van der Waals surface area contributed by atoms with E-state index in [0.717, 1.165) is 17.7 Å². The smallest absolute Gasteiger partial charge is 0.312 e. The number of oxime groups is 1. The first-order valence-corrected chi connectivity index (χ1v) is 6.47. The van der Waals surface area contributed by atoms with Crippen molar-refractivity contribution in [2.75, 3.05) is 6.16 Å². The van der Waals surface area contributed by atoms with Crippen LogP contribution in [0.3, 0.4) is 0 Å². The minimum atomic E-state index is -2.39. The molecule has 6 heteroatoms. The van der Waals surface area contributed by atoms with E-state index in [9.17, 15) is 9.46 Å². The predicted octanol–water partition coefficient (Wildman–Crippen LogP) is 1.85. The first-order valence-electron chi connectivity index (χ1n) is 5.11. The zero-order chi connectivity index (χ0) is 11.4. The highest BCUT2D eigenvalue weighted by Crippen LogP contribution is 2.20. The molecule has 5 nitrogen and oxygen atoms in total. The van der Waals surface area contributed by atoms with E-state index >= 15 is 0 Å². The number of rotatable bonds is 4. The van der Waals surface area contributed by atoms with E-state index in [1.807, 2.05) is 30.3 Å². The molecule has 0 bridgehead atoms. The molecule has 2 rings (SSSR count). The second-order valence-corrected chi connectivity index (χ2v) is 4.80. The van der Waals surface area contributed by atoms with Gasteiger partial charge in [0.15, 0.2) is 12.3 Å². The van der Waals surface area contributed by atoms with Gasteiger partial charge in [-0.2, -0.15) is 0 Å². The van der Waals surface area contributed by atoms with Gasteiger partial charge in [0.1, 0.15) is 0 Å². The third kappa shape index (κ3) is 4.23. The molecule has 0 aromatic heterocycles. The van der Waals surface area contributed by atoms with Gasteiger partial charge in [0, 0.05) is 12.8 Å². The van der Waals surface area contributed by atoms with Crippen molar-refractivity contribution in [3.8, 4) is 0 Å². The van der Waals surface area contributed by atoms with Gasteiger partial charge in [0.05, 0.1) is 5.71 Å². The van der Waals surface area contributed by atoms with Crippen LogP contribution in [0.15, 0.2) is 35.5 Å². The lowest BCUT2D eigenvalue weighted by atomic mass is 10.1. The van der Waals surface area contributed by atoms with E-state index in [-0.39, 0.29) is 18.4 Å². The molecular formula is C11H16N2O3P+. The molecule has 1 heterocycles. The largest absolute Gasteiger partial charge is 0.595 e. The molecular weight excluding hydrogens is 239 g/mol. The van der Waals surface area contributed by atoms with Crippen molar-refractivity contribution in [1.82, 2.24) is 6.15 Å². The molecule has 0 aliphatic carbocycles. The van der Waals surface area contributed by atoms with E-state index in [1.165, 1.54) is 0 Å². The third-order valence-electron chi connectivity index (χ3n) is 2.40. The highest BCUT2D eigenvalue weighted by molar-refractivity contribution is 7.36. The summed E-state index contributed by atoms with van der Waals surface area (Å²) in [6.45, 7) is 0. The summed E-state index contributed by atoms with van der Waals surface area (Å²) in [7, 11) is -2.39. The zero-order valence-electron chi connectivity index (χ0n) is 9.70. The summed E-state index contributed by atoms with van der Waals surface area (Å²) in [5, 5.41) is 3.91. The predicted molar refractivity (Wildman–Crippen MR) is 65.5 cm³/mol. The lowest BCUT2D eigenvalue weighted by molar-refractivity contribution is -0.165. The van der Waals surface area contributed by atoms with Crippen molar-refractivity contribution in [2.45, 2.75) is 18.9 Å². The van der Waals surface area contributed by atoms with E-state index in [0.29, 0.717) is 6.42 Å². The average Bonchev–Trinajstić information content (AvgIpc) is 2.66. The Morgan fingerprint density at radius 2 is 2.12 bits per heavy atom. The van der Waals surface area contributed by atoms with Crippen LogP contribution in [0.2, 0.25) is 0 Å². The van der Waals surface area contributed by atoms with E-state index in [2.05, 4.69) is 5.16 Å². The van der Waals surface area contributed by atoms with Gasteiger partial charge >= 0.3 is 8.03 Å². The van der Waals surface area contributed by atoms with E-state index in [4.69, 9.17) is 4.84 Å². The Morgan fingerprint density at radius 3 is 2.76 bits per heavy atom. The first-order chi connectivity index (χ1) is 7.74. The van der Waals surface area contributed by atoms with Gasteiger partial charge in [-0.1, -0.05) is 40.1 Å². The zero-order valence-corrected chi connectivity index (χ0v) is 10.6. The minimum absolute atomic E-state index is 0. The Kier molecular flexibility index (Phi) is 5.22. The molecule has 2 unspecified atom stereocenters. The molecule has 4 N–H and O–H groups in total. The SMILES string of the molecule is O=[P+]([O-])CC1CC(Cc2ccccc2)=NO1.[NH4+]. The summed E-state index contributed by atoms with van der Waals surface area (Å²) in [6.07, 6.45) is 1.10. The maximum Gasteiger partial charge on any atom is 0.312 e. The fourth-order valence-electron chi connectivity index (χ4n) is 1.69. The quantitative estimate of drug-likeness (QED) is 0.831. The summed E-state index contributed by atoms with van der Waals surface area (Å²) >= 11 is 0. The Bertz CT molecular complexity index is 408. The summed E-state index contributed by atoms with van der Waals surface area (Å²) in [5.41, 5.74) is 2.07. The Hall–Kier alpha value is -1.29. The minimum Gasteiger partial charge on any atom is -0.595 e. The van der Waals surface area contributed by atoms with Crippen molar-refractivity contribution in [1.29, 1.82) is 0 Å². The van der Waals surface area contributed by atoms with Crippen molar-refractivity contribution in [2.24, 2.45) is 5.16 Å². The van der Waals surface area contributed by atoms with Gasteiger partial charge in [-0.25, -0.2) is 0 Å². The van der Waals surface area contributed by atoms with Crippen LogP contribution in [0.5, 0.6) is 0 Å². The lowest BCUT2D eigenvalue weighted by Crippen LogP contribution is -2.14. The summed E-state index contributed by atoms with van der Waals surface area (Å²) < 4.78 is 10.5. The topological polar surface area (TPSA) is 98.2 Å². The van der Waals surface area contributed by atoms with Gasteiger partial charge in [-0.3, -0.25) is 0 Å². The standard InChI is InChI=1S/C11H12NO3P.H3N/c13-16(14)8-11-7-10(12-15-11)6-9-4-2-1-3-5-9;/h1-5,11H,6-8H2;1H3/p+1. The van der Waals surface area contributed by atoms with Crippen LogP contribution in [-0.2, 0) is 15.8 Å². The molecule has 1 aromatic rings. The first kappa shape index (κ1) is 13.8. The van der Waals surface area contributed by atoms with Gasteiger partial charge in [0.2, 0.25) is 0 Å². The number of quaternary nitrogens is 1. The molecule has 92 valence electrons. The number of nitrogens with zero attached hydrogens (tertiary/aromatic N) is 1. The number of hydrogen-bond acceptors (Lipinski definition) is 4. The molecule has 17 heavy (non-hydrogen) atoms. The fourth-order valence-corrected chi connectivity index (χ4v) is 2.21. The molecule has 1 aliphatic heterocycles. The van der Waals surface area contributed by atoms with Gasteiger partial charge in [-0.05, 0) is 5.56 Å². The average molecular weight is 255 g/mol. The maximum absolute atomic E-state index is 10.5. The highest BCUT2D eigenvalue weighted by atomic mass is 31.1. The third-order valence-corrected chi connectivity index (χ3v) is 3.10. The summed E-state index contributed by atoms with van der Waals surface area (Å²) in [4.78, 5) is 15.6. The van der Waals surface area contributed by atoms with Crippen molar-refractivity contribution in [3.63, 3.8) is 0 Å². The van der Waals surface area contributed by atoms with Gasteiger partial charge in [0.25, 0.3) is 0 Å². The maximum atomic E-state index is 10.5. The van der Waals surface area contributed by atoms with Gasteiger partial charge < -0.3 is 15.9 Å². The molecule has 1 aliphatic rings. The van der Waals surface area contributed by atoms with Crippen LogP contribution < -0.4 is 11.0 Å². The van der Waals surface area contributed by atoms with Crippen LogP contribution in [0, 0.1) is 0 Å². The lowest BCUT2D eigenvalue weighted by Gasteiger charge is -2.01. The summed E-state index contributed by atoms with van der Waals surface area (Å²) in [6, 6.07) is 9.94. The molecule has 0 radical (unpaired) electrons. The number of hydrogen-bond donors (Lipinski definition) is 1. The van der Waals surface area contributed by atoms with Crippen LogP contribution >= 0.6 is 8.03 Å². The Balaban J connectivity index is 0.00000144. The fraction of sp³-hybridized carbons (Fsp3) is 0.364. The molecule has 0 fully saturated rings.